The number of carbonyl (C=O) groups is 1. The standard InChI is InChI=1S/C20H14ClFN2O3/c21-14-5-3-12(4-6-14)10-24-20(27)16-11-23-18-15(19(16)26)8-13(2-1-7-25)9-17(18)22/h3-6,8-9,11,25H,7,10H2,(H,23,26)(H,24,27). The maximum absolute atomic E-state index is 14.2. The van der Waals surface area contributed by atoms with E-state index in [1.807, 2.05) is 0 Å². The number of nitrogens with one attached hydrogen (secondary N) is 2. The lowest BCUT2D eigenvalue weighted by Gasteiger charge is -2.07. The van der Waals surface area contributed by atoms with Crippen molar-refractivity contribution in [3.63, 3.8) is 0 Å². The molecule has 3 rings (SSSR count). The number of benzene rings is 2. The van der Waals surface area contributed by atoms with Gasteiger partial charge in [-0.25, -0.2) is 4.39 Å². The van der Waals surface area contributed by atoms with E-state index in [4.69, 9.17) is 16.7 Å². The van der Waals surface area contributed by atoms with Gasteiger partial charge in [0, 0.05) is 23.3 Å². The summed E-state index contributed by atoms with van der Waals surface area (Å²) in [7, 11) is 0. The van der Waals surface area contributed by atoms with Crippen molar-refractivity contribution in [3.8, 4) is 11.8 Å². The first-order valence-corrected chi connectivity index (χ1v) is 8.34. The van der Waals surface area contributed by atoms with E-state index < -0.39 is 17.2 Å². The molecule has 5 nitrogen and oxygen atoms in total. The Hall–Kier alpha value is -3.14. The van der Waals surface area contributed by atoms with Crippen molar-refractivity contribution in [3.05, 3.63) is 80.3 Å². The first kappa shape index (κ1) is 18.6. The Balaban J connectivity index is 1.92. The predicted molar refractivity (Wildman–Crippen MR) is 101 cm³/mol. The highest BCUT2D eigenvalue weighted by molar-refractivity contribution is 6.30. The molecule has 1 amide bonds. The summed E-state index contributed by atoms with van der Waals surface area (Å²) in [6.07, 6.45) is 1.18. The Morgan fingerprint density at radius 1 is 1.26 bits per heavy atom. The summed E-state index contributed by atoms with van der Waals surface area (Å²) >= 11 is 5.82. The van der Waals surface area contributed by atoms with E-state index in [2.05, 4.69) is 22.1 Å². The highest BCUT2D eigenvalue weighted by Crippen LogP contribution is 2.16. The van der Waals surface area contributed by atoms with E-state index >= 15 is 0 Å². The molecule has 0 bridgehead atoms. The van der Waals surface area contributed by atoms with Crippen molar-refractivity contribution in [1.29, 1.82) is 0 Å². The number of aromatic nitrogens is 1. The third-order valence-corrected chi connectivity index (χ3v) is 4.12. The first-order valence-electron chi connectivity index (χ1n) is 7.97. The van der Waals surface area contributed by atoms with Crippen molar-refractivity contribution in [2.75, 3.05) is 6.61 Å². The molecule has 0 aliphatic heterocycles. The molecule has 3 N–H and O–H groups in total. The fourth-order valence-corrected chi connectivity index (χ4v) is 2.68. The second kappa shape index (κ2) is 8.04. The van der Waals surface area contributed by atoms with E-state index in [1.54, 1.807) is 24.3 Å². The third-order valence-electron chi connectivity index (χ3n) is 3.86. The fraction of sp³-hybridized carbons (Fsp3) is 0.100. The molecule has 27 heavy (non-hydrogen) atoms. The molecule has 0 atom stereocenters. The zero-order chi connectivity index (χ0) is 19.4. The Labute approximate surface area is 158 Å². The van der Waals surface area contributed by atoms with Gasteiger partial charge in [-0.15, -0.1) is 0 Å². The van der Waals surface area contributed by atoms with Crippen LogP contribution in [-0.2, 0) is 6.54 Å². The zero-order valence-electron chi connectivity index (χ0n) is 14.0. The Bertz CT molecular complexity index is 1130. The summed E-state index contributed by atoms with van der Waals surface area (Å²) in [5.74, 6) is 3.69. The number of pyridine rings is 1. The predicted octanol–water partition coefficient (Wildman–Crippen LogP) is 2.59. The largest absolute Gasteiger partial charge is 0.384 e. The number of fused-ring (bicyclic) bond motifs is 1. The fourth-order valence-electron chi connectivity index (χ4n) is 2.55. The van der Waals surface area contributed by atoms with Gasteiger partial charge in [-0.05, 0) is 29.8 Å². The van der Waals surface area contributed by atoms with Crippen LogP contribution in [0.4, 0.5) is 4.39 Å². The Morgan fingerprint density at radius 2 is 2.00 bits per heavy atom. The van der Waals surface area contributed by atoms with Gasteiger partial charge in [-0.3, -0.25) is 9.59 Å². The van der Waals surface area contributed by atoms with Gasteiger partial charge in [0.05, 0.1) is 10.9 Å². The summed E-state index contributed by atoms with van der Waals surface area (Å²) < 4.78 is 14.2. The van der Waals surface area contributed by atoms with Crippen LogP contribution >= 0.6 is 11.6 Å². The number of hydrogen-bond acceptors (Lipinski definition) is 3. The second-order valence-electron chi connectivity index (χ2n) is 5.68. The number of aromatic amines is 1. The molecule has 0 aliphatic carbocycles. The lowest BCUT2D eigenvalue weighted by Crippen LogP contribution is -2.28. The van der Waals surface area contributed by atoms with Crippen molar-refractivity contribution in [2.45, 2.75) is 6.54 Å². The van der Waals surface area contributed by atoms with Crippen LogP contribution in [0.15, 0.2) is 47.4 Å². The number of hydrogen-bond donors (Lipinski definition) is 3. The molecular weight excluding hydrogens is 371 g/mol. The number of aliphatic hydroxyl groups excluding tert-OH is 1. The summed E-state index contributed by atoms with van der Waals surface area (Å²) in [5.41, 5.74) is 0.298. The van der Waals surface area contributed by atoms with Gasteiger partial charge in [0.2, 0.25) is 5.43 Å². The molecule has 0 unspecified atom stereocenters. The first-order chi connectivity index (χ1) is 13.0. The maximum Gasteiger partial charge on any atom is 0.257 e. The molecule has 3 aromatic rings. The summed E-state index contributed by atoms with van der Waals surface area (Å²) in [4.78, 5) is 27.7. The van der Waals surface area contributed by atoms with Gasteiger partial charge in [0.1, 0.15) is 18.0 Å². The average Bonchev–Trinajstić information content (AvgIpc) is 2.66. The third kappa shape index (κ3) is 4.17. The quantitative estimate of drug-likeness (QED) is 0.607. The molecular formula is C20H14ClFN2O3. The molecule has 0 fully saturated rings. The normalized spacial score (nSPS) is 10.3. The molecule has 0 saturated carbocycles. The Kier molecular flexibility index (Phi) is 5.55. The van der Waals surface area contributed by atoms with Crippen LogP contribution < -0.4 is 10.7 Å². The number of rotatable bonds is 3. The monoisotopic (exact) mass is 384 g/mol. The average molecular weight is 385 g/mol. The Morgan fingerprint density at radius 3 is 2.70 bits per heavy atom. The maximum atomic E-state index is 14.2. The van der Waals surface area contributed by atoms with Gasteiger partial charge in [0.15, 0.2) is 0 Å². The molecule has 1 heterocycles. The number of H-pyrrole nitrogens is 1. The summed E-state index contributed by atoms with van der Waals surface area (Å²) in [5, 5.41) is 12.0. The van der Waals surface area contributed by atoms with Crippen LogP contribution in [0.3, 0.4) is 0 Å². The van der Waals surface area contributed by atoms with Gasteiger partial charge in [0.25, 0.3) is 5.91 Å². The topological polar surface area (TPSA) is 82.2 Å². The SMILES string of the molecule is O=C(NCc1ccc(Cl)cc1)c1c[nH]c2c(F)cc(C#CCO)cc2c1=O. The minimum absolute atomic E-state index is 0.0104. The van der Waals surface area contributed by atoms with Crippen molar-refractivity contribution >= 4 is 28.4 Å². The van der Waals surface area contributed by atoms with Gasteiger partial charge < -0.3 is 15.4 Å². The molecule has 0 spiro atoms. The summed E-state index contributed by atoms with van der Waals surface area (Å²) in [6, 6.07) is 9.45. The minimum atomic E-state index is -0.667. The van der Waals surface area contributed by atoms with E-state index in [0.717, 1.165) is 11.6 Å². The van der Waals surface area contributed by atoms with Gasteiger partial charge >= 0.3 is 0 Å². The van der Waals surface area contributed by atoms with Gasteiger partial charge in [-0.2, -0.15) is 0 Å². The van der Waals surface area contributed by atoms with Crippen molar-refractivity contribution in [1.82, 2.24) is 10.3 Å². The molecule has 7 heteroatoms. The molecule has 1 aromatic heterocycles. The van der Waals surface area contributed by atoms with E-state index in [9.17, 15) is 14.0 Å². The number of carbonyl (C=O) groups excluding carboxylic acids is 1. The van der Waals surface area contributed by atoms with Crippen molar-refractivity contribution < 1.29 is 14.3 Å². The smallest absolute Gasteiger partial charge is 0.257 e. The van der Waals surface area contributed by atoms with Crippen LogP contribution in [0, 0.1) is 17.7 Å². The molecule has 2 aromatic carbocycles. The zero-order valence-corrected chi connectivity index (χ0v) is 14.7. The minimum Gasteiger partial charge on any atom is -0.384 e. The van der Waals surface area contributed by atoms with Crippen LogP contribution in [0.5, 0.6) is 0 Å². The molecule has 0 radical (unpaired) electrons. The molecule has 0 saturated heterocycles. The number of amides is 1. The van der Waals surface area contributed by atoms with Crippen LogP contribution in [0.2, 0.25) is 5.02 Å². The lowest BCUT2D eigenvalue weighted by molar-refractivity contribution is 0.0949. The number of halogens is 2. The lowest BCUT2D eigenvalue weighted by atomic mass is 10.1. The van der Waals surface area contributed by atoms with Crippen LogP contribution in [-0.4, -0.2) is 22.6 Å². The highest BCUT2D eigenvalue weighted by atomic mass is 35.5. The van der Waals surface area contributed by atoms with Gasteiger partial charge in [-0.1, -0.05) is 35.6 Å². The van der Waals surface area contributed by atoms with Crippen LogP contribution in [0.1, 0.15) is 21.5 Å². The van der Waals surface area contributed by atoms with Crippen LogP contribution in [0.25, 0.3) is 10.9 Å². The van der Waals surface area contributed by atoms with E-state index in [-0.39, 0.29) is 35.2 Å². The summed E-state index contributed by atoms with van der Waals surface area (Å²) in [6.45, 7) is -0.174. The highest BCUT2D eigenvalue weighted by Gasteiger charge is 2.15. The van der Waals surface area contributed by atoms with E-state index in [0.29, 0.717) is 5.02 Å². The second-order valence-corrected chi connectivity index (χ2v) is 6.12. The number of aliphatic hydroxyl groups is 1. The van der Waals surface area contributed by atoms with Crippen molar-refractivity contribution in [2.24, 2.45) is 0 Å². The molecule has 136 valence electrons. The van der Waals surface area contributed by atoms with E-state index in [1.165, 1.54) is 12.3 Å². The molecule has 0 aliphatic rings.